The molecule has 2 heterocycles. The van der Waals surface area contributed by atoms with Crippen molar-refractivity contribution in [1.82, 2.24) is 5.32 Å². The number of rotatable bonds is 1. The molecule has 0 radical (unpaired) electrons. The fraction of sp³-hybridized carbons (Fsp3) is 0.385. The number of ether oxygens (including phenoxy) is 1. The molecule has 2 unspecified atom stereocenters. The average Bonchev–Trinajstić information content (AvgIpc) is 2.74. The summed E-state index contributed by atoms with van der Waals surface area (Å²) in [7, 11) is 0. The molecule has 3 rings (SSSR count). The zero-order valence-corrected chi connectivity index (χ0v) is 10.8. The van der Waals surface area contributed by atoms with E-state index in [0.717, 1.165) is 15.6 Å². The maximum absolute atomic E-state index is 13.3. The van der Waals surface area contributed by atoms with Crippen LogP contribution in [0.3, 0.4) is 0 Å². The second kappa shape index (κ2) is 4.42. The van der Waals surface area contributed by atoms with Crippen LogP contribution in [0.25, 0.3) is 6.08 Å². The van der Waals surface area contributed by atoms with E-state index in [1.54, 1.807) is 6.26 Å². The lowest BCUT2D eigenvalue weighted by Gasteiger charge is -2.20. The monoisotopic (exact) mass is 297 g/mol. The SMILES string of the molecule is FC1CNC(c2cc(Br)cc3c2COC=C3)C1. The zero-order chi connectivity index (χ0) is 11.8. The molecule has 90 valence electrons. The van der Waals surface area contributed by atoms with Gasteiger partial charge in [0.05, 0.1) is 6.26 Å². The van der Waals surface area contributed by atoms with Gasteiger partial charge in [-0.15, -0.1) is 0 Å². The number of benzene rings is 1. The molecule has 4 heteroatoms. The topological polar surface area (TPSA) is 21.3 Å². The molecule has 1 saturated heterocycles. The molecule has 2 aliphatic heterocycles. The van der Waals surface area contributed by atoms with E-state index in [1.165, 1.54) is 5.56 Å². The molecule has 2 aliphatic rings. The summed E-state index contributed by atoms with van der Waals surface area (Å²) in [5, 5.41) is 3.22. The Hall–Kier alpha value is -0.870. The van der Waals surface area contributed by atoms with Gasteiger partial charge in [-0.3, -0.25) is 0 Å². The Kier molecular flexibility index (Phi) is 2.92. The molecule has 17 heavy (non-hydrogen) atoms. The Morgan fingerprint density at radius 1 is 1.41 bits per heavy atom. The summed E-state index contributed by atoms with van der Waals surface area (Å²) in [6, 6.07) is 4.24. The first kappa shape index (κ1) is 11.2. The molecule has 1 aromatic rings. The molecule has 0 bridgehead atoms. The first-order chi connectivity index (χ1) is 8.24. The summed E-state index contributed by atoms with van der Waals surface area (Å²) in [4.78, 5) is 0. The van der Waals surface area contributed by atoms with E-state index < -0.39 is 6.17 Å². The number of halogens is 2. The van der Waals surface area contributed by atoms with E-state index in [2.05, 4.69) is 33.4 Å². The smallest absolute Gasteiger partial charge is 0.114 e. The summed E-state index contributed by atoms with van der Waals surface area (Å²) in [6.45, 7) is 1.02. The molecular formula is C13H13BrFNO. The van der Waals surface area contributed by atoms with Crippen LogP contribution in [0, 0.1) is 0 Å². The molecule has 0 aliphatic carbocycles. The molecule has 0 amide bonds. The van der Waals surface area contributed by atoms with Gasteiger partial charge in [-0.1, -0.05) is 15.9 Å². The lowest BCUT2D eigenvalue weighted by molar-refractivity contribution is 0.232. The molecule has 0 aromatic heterocycles. The highest BCUT2D eigenvalue weighted by Gasteiger charge is 2.28. The van der Waals surface area contributed by atoms with Crippen LogP contribution in [-0.4, -0.2) is 12.7 Å². The Labute approximate surface area is 108 Å². The largest absolute Gasteiger partial charge is 0.496 e. The summed E-state index contributed by atoms with van der Waals surface area (Å²) >= 11 is 3.51. The molecule has 1 aromatic carbocycles. The molecule has 2 nitrogen and oxygen atoms in total. The van der Waals surface area contributed by atoms with Gasteiger partial charge < -0.3 is 10.1 Å². The first-order valence-corrected chi connectivity index (χ1v) is 6.51. The van der Waals surface area contributed by atoms with Crippen molar-refractivity contribution in [3.63, 3.8) is 0 Å². The molecular weight excluding hydrogens is 285 g/mol. The fourth-order valence-electron chi connectivity index (χ4n) is 2.49. The van der Waals surface area contributed by atoms with Crippen molar-refractivity contribution in [2.75, 3.05) is 6.54 Å². The lowest BCUT2D eigenvalue weighted by Crippen LogP contribution is -2.16. The van der Waals surface area contributed by atoms with E-state index >= 15 is 0 Å². The van der Waals surface area contributed by atoms with Crippen LogP contribution < -0.4 is 5.32 Å². The van der Waals surface area contributed by atoms with Gasteiger partial charge in [-0.2, -0.15) is 0 Å². The first-order valence-electron chi connectivity index (χ1n) is 5.72. The predicted octanol–water partition coefficient (Wildman–Crippen LogP) is 3.32. The van der Waals surface area contributed by atoms with Gasteiger partial charge in [0.15, 0.2) is 0 Å². The van der Waals surface area contributed by atoms with Gasteiger partial charge >= 0.3 is 0 Å². The van der Waals surface area contributed by atoms with Crippen LogP contribution in [0.1, 0.15) is 29.2 Å². The minimum absolute atomic E-state index is 0.103. The number of hydrogen-bond donors (Lipinski definition) is 1. The van der Waals surface area contributed by atoms with Crippen molar-refractivity contribution in [2.45, 2.75) is 25.2 Å². The van der Waals surface area contributed by atoms with E-state index in [4.69, 9.17) is 4.74 Å². The summed E-state index contributed by atoms with van der Waals surface area (Å²) < 4.78 is 19.6. The second-order valence-corrected chi connectivity index (χ2v) is 5.39. The van der Waals surface area contributed by atoms with Crippen molar-refractivity contribution in [3.05, 3.63) is 39.6 Å². The van der Waals surface area contributed by atoms with Gasteiger partial charge in [0.2, 0.25) is 0 Å². The lowest BCUT2D eigenvalue weighted by atomic mass is 9.94. The Bertz CT molecular complexity index is 475. The van der Waals surface area contributed by atoms with Crippen molar-refractivity contribution >= 4 is 22.0 Å². The summed E-state index contributed by atoms with van der Waals surface area (Å²) in [5.74, 6) is 0. The number of fused-ring (bicyclic) bond motifs is 1. The third-order valence-corrected chi connectivity index (χ3v) is 3.77. The highest BCUT2D eigenvalue weighted by Crippen LogP contribution is 2.34. The Morgan fingerprint density at radius 3 is 3.06 bits per heavy atom. The number of nitrogens with one attached hydrogen (secondary N) is 1. The quantitative estimate of drug-likeness (QED) is 0.858. The maximum Gasteiger partial charge on any atom is 0.114 e. The third kappa shape index (κ3) is 2.11. The molecule has 0 saturated carbocycles. The van der Waals surface area contributed by atoms with E-state index in [1.807, 2.05) is 6.08 Å². The van der Waals surface area contributed by atoms with Crippen molar-refractivity contribution in [1.29, 1.82) is 0 Å². The van der Waals surface area contributed by atoms with E-state index in [-0.39, 0.29) is 6.04 Å². The molecule has 0 spiro atoms. The predicted molar refractivity (Wildman–Crippen MR) is 68.2 cm³/mol. The Morgan fingerprint density at radius 2 is 2.29 bits per heavy atom. The van der Waals surface area contributed by atoms with Crippen LogP contribution in [0.5, 0.6) is 0 Å². The normalized spacial score (nSPS) is 26.7. The summed E-state index contributed by atoms with van der Waals surface area (Å²) in [6.07, 6.45) is 3.47. The minimum Gasteiger partial charge on any atom is -0.496 e. The van der Waals surface area contributed by atoms with Gasteiger partial charge in [-0.25, -0.2) is 4.39 Å². The van der Waals surface area contributed by atoms with Crippen LogP contribution in [0.4, 0.5) is 4.39 Å². The molecule has 1 fully saturated rings. The standard InChI is InChI=1S/C13H13BrFNO/c14-9-3-8-1-2-17-7-12(8)11(4-9)13-5-10(15)6-16-13/h1-4,10,13,16H,5-7H2. The van der Waals surface area contributed by atoms with Gasteiger partial charge in [-0.05, 0) is 35.8 Å². The highest BCUT2D eigenvalue weighted by atomic mass is 79.9. The minimum atomic E-state index is -0.741. The van der Waals surface area contributed by atoms with E-state index in [9.17, 15) is 4.39 Å². The highest BCUT2D eigenvalue weighted by molar-refractivity contribution is 9.10. The van der Waals surface area contributed by atoms with Crippen LogP contribution >= 0.6 is 15.9 Å². The number of alkyl halides is 1. The molecule has 1 N–H and O–H groups in total. The summed E-state index contributed by atoms with van der Waals surface area (Å²) in [5.41, 5.74) is 3.48. The number of hydrogen-bond acceptors (Lipinski definition) is 2. The second-order valence-electron chi connectivity index (χ2n) is 4.47. The average molecular weight is 298 g/mol. The van der Waals surface area contributed by atoms with Crippen molar-refractivity contribution < 1.29 is 9.13 Å². The van der Waals surface area contributed by atoms with Crippen molar-refractivity contribution in [3.8, 4) is 0 Å². The fourth-order valence-corrected chi connectivity index (χ4v) is 2.98. The van der Waals surface area contributed by atoms with Gasteiger partial charge in [0.1, 0.15) is 12.8 Å². The maximum atomic E-state index is 13.3. The van der Waals surface area contributed by atoms with Gasteiger partial charge in [0, 0.05) is 22.6 Å². The Balaban J connectivity index is 2.03. The van der Waals surface area contributed by atoms with Crippen LogP contribution in [-0.2, 0) is 11.3 Å². The van der Waals surface area contributed by atoms with Crippen LogP contribution in [0.2, 0.25) is 0 Å². The van der Waals surface area contributed by atoms with Crippen molar-refractivity contribution in [2.24, 2.45) is 0 Å². The van der Waals surface area contributed by atoms with E-state index in [0.29, 0.717) is 19.6 Å². The van der Waals surface area contributed by atoms with Crippen LogP contribution in [0.15, 0.2) is 22.9 Å². The third-order valence-electron chi connectivity index (χ3n) is 3.31. The zero-order valence-electron chi connectivity index (χ0n) is 9.25. The molecule has 2 atom stereocenters. The van der Waals surface area contributed by atoms with Gasteiger partial charge in [0.25, 0.3) is 0 Å².